The summed E-state index contributed by atoms with van der Waals surface area (Å²) in [5, 5.41) is 16.1. The first-order chi connectivity index (χ1) is 17.2. The van der Waals surface area contributed by atoms with Crippen LogP contribution in [0.4, 0.5) is 5.69 Å². The summed E-state index contributed by atoms with van der Waals surface area (Å²) in [5.74, 6) is -4.29. The molecule has 1 aliphatic heterocycles. The van der Waals surface area contributed by atoms with Crippen LogP contribution in [-0.4, -0.2) is 37.3 Å². The Morgan fingerprint density at radius 2 is 1.83 bits per heavy atom. The molecule has 3 rings (SSSR count). The van der Waals surface area contributed by atoms with E-state index in [9.17, 15) is 19.6 Å². The predicted molar refractivity (Wildman–Crippen MR) is 139 cm³/mol. The van der Waals surface area contributed by atoms with Crippen LogP contribution in [0.15, 0.2) is 47.0 Å². The van der Waals surface area contributed by atoms with E-state index in [1.54, 1.807) is 31.2 Å². The van der Waals surface area contributed by atoms with Crippen LogP contribution in [0.25, 0.3) is 0 Å². The molecule has 0 fully saturated rings. The summed E-state index contributed by atoms with van der Waals surface area (Å²) in [6.07, 6.45) is 0. The zero-order chi connectivity index (χ0) is 26.4. The van der Waals surface area contributed by atoms with Gasteiger partial charge in [-0.05, 0) is 36.8 Å². The van der Waals surface area contributed by atoms with Gasteiger partial charge >= 0.3 is 5.97 Å². The molecule has 0 unspecified atom stereocenters. The molecule has 8 nitrogen and oxygen atoms in total. The summed E-state index contributed by atoms with van der Waals surface area (Å²) in [5.41, 5.74) is 0.819. The van der Waals surface area contributed by atoms with Gasteiger partial charge in [-0.2, -0.15) is 5.26 Å². The van der Waals surface area contributed by atoms with Crippen molar-refractivity contribution >= 4 is 70.0 Å². The second-order valence-corrected chi connectivity index (χ2v) is 9.59. The number of esters is 1. The van der Waals surface area contributed by atoms with Crippen molar-refractivity contribution in [2.24, 2.45) is 5.92 Å². The second-order valence-electron chi connectivity index (χ2n) is 7.39. The first kappa shape index (κ1) is 27.7. The first-order valence-corrected chi connectivity index (χ1v) is 12.7. The highest BCUT2D eigenvalue weighted by molar-refractivity contribution is 8.03. The third-order valence-electron chi connectivity index (χ3n) is 5.15. The van der Waals surface area contributed by atoms with E-state index in [1.807, 2.05) is 0 Å². The number of amides is 2. The van der Waals surface area contributed by atoms with Gasteiger partial charge in [-0.3, -0.25) is 14.4 Å². The van der Waals surface area contributed by atoms with Crippen molar-refractivity contribution in [3.63, 3.8) is 0 Å². The first-order valence-electron chi connectivity index (χ1n) is 10.5. The number of rotatable bonds is 8. The monoisotopic (exact) mass is 567 g/mol. The Morgan fingerprint density at radius 3 is 2.42 bits per heavy atom. The molecule has 1 aliphatic rings. The number of hydrogen-bond donors (Lipinski definition) is 2. The SMILES string of the molecule is CCOc1c(Cl)cc([C@H]2C(C#N)=C(SCC(=O)Nc3ccccc3Cl)NC(=O)[C@@H]2C(=O)OC)cc1Cl. The van der Waals surface area contributed by atoms with Gasteiger partial charge < -0.3 is 20.1 Å². The number of methoxy groups -OCH3 is 1. The van der Waals surface area contributed by atoms with Crippen molar-refractivity contribution in [1.82, 2.24) is 5.32 Å². The molecule has 0 saturated heterocycles. The number of ether oxygens (including phenoxy) is 2. The van der Waals surface area contributed by atoms with E-state index in [1.165, 1.54) is 12.1 Å². The Hall–Kier alpha value is -2.90. The molecule has 2 atom stereocenters. The number of para-hydroxylation sites is 1. The minimum Gasteiger partial charge on any atom is -0.491 e. The largest absolute Gasteiger partial charge is 0.491 e. The molecule has 0 aliphatic carbocycles. The van der Waals surface area contributed by atoms with Gasteiger partial charge in [0.2, 0.25) is 11.8 Å². The van der Waals surface area contributed by atoms with Crippen molar-refractivity contribution in [1.29, 1.82) is 5.26 Å². The number of carbonyl (C=O) groups is 3. The van der Waals surface area contributed by atoms with Crippen molar-refractivity contribution in [2.45, 2.75) is 12.8 Å². The number of hydrogen-bond acceptors (Lipinski definition) is 7. The fraction of sp³-hybridized carbons (Fsp3) is 0.250. The Kier molecular flexibility index (Phi) is 9.51. The van der Waals surface area contributed by atoms with Crippen molar-refractivity contribution < 1.29 is 23.9 Å². The molecule has 2 N–H and O–H groups in total. The summed E-state index contributed by atoms with van der Waals surface area (Å²) in [7, 11) is 1.14. The lowest BCUT2D eigenvalue weighted by molar-refractivity contribution is -0.150. The summed E-state index contributed by atoms with van der Waals surface area (Å²) < 4.78 is 10.3. The molecule has 0 aromatic heterocycles. The molecule has 36 heavy (non-hydrogen) atoms. The highest BCUT2D eigenvalue weighted by atomic mass is 35.5. The normalized spacial score (nSPS) is 17.2. The standard InChI is InChI=1S/C24H20Cl3N3O5S/c1-3-35-21-15(26)8-12(9-16(21)27)19-13(10-28)23(30-22(32)20(19)24(33)34-2)36-11-18(31)29-17-7-5-4-6-14(17)25/h4-9,19-20H,3,11H2,1-2H3,(H,29,31)(H,30,32)/t19-,20+/m0/s1. The van der Waals surface area contributed by atoms with Gasteiger partial charge in [-0.1, -0.05) is 58.7 Å². The van der Waals surface area contributed by atoms with Crippen LogP contribution in [0.1, 0.15) is 18.4 Å². The van der Waals surface area contributed by atoms with Crippen LogP contribution in [0.2, 0.25) is 15.1 Å². The lowest BCUT2D eigenvalue weighted by Crippen LogP contribution is -2.44. The van der Waals surface area contributed by atoms with Gasteiger partial charge in [0, 0.05) is 5.92 Å². The zero-order valence-corrected chi connectivity index (χ0v) is 22.1. The third-order valence-corrected chi connectivity index (χ3v) is 7.06. The number of benzene rings is 2. The highest BCUT2D eigenvalue weighted by Crippen LogP contribution is 2.44. The molecule has 2 aromatic rings. The van der Waals surface area contributed by atoms with Crippen LogP contribution in [0.5, 0.6) is 5.75 Å². The smallest absolute Gasteiger partial charge is 0.319 e. The molecule has 188 valence electrons. The maximum absolute atomic E-state index is 13.0. The summed E-state index contributed by atoms with van der Waals surface area (Å²) in [6.45, 7) is 2.08. The van der Waals surface area contributed by atoms with Gasteiger partial charge in [0.05, 0.1) is 56.9 Å². The predicted octanol–water partition coefficient (Wildman–Crippen LogP) is 5.16. The Balaban J connectivity index is 1.98. The van der Waals surface area contributed by atoms with E-state index in [2.05, 4.69) is 16.7 Å². The average molecular weight is 569 g/mol. The number of halogens is 3. The van der Waals surface area contributed by atoms with E-state index in [0.717, 1.165) is 18.9 Å². The van der Waals surface area contributed by atoms with Crippen molar-refractivity contribution in [2.75, 3.05) is 24.8 Å². The fourth-order valence-electron chi connectivity index (χ4n) is 3.61. The molecular weight excluding hydrogens is 549 g/mol. The maximum atomic E-state index is 13.0. The molecule has 0 spiro atoms. The van der Waals surface area contributed by atoms with Gasteiger partial charge in [-0.15, -0.1) is 0 Å². The highest BCUT2D eigenvalue weighted by Gasteiger charge is 2.44. The van der Waals surface area contributed by atoms with Crippen molar-refractivity contribution in [3.05, 3.63) is 67.6 Å². The van der Waals surface area contributed by atoms with Gasteiger partial charge in [-0.25, -0.2) is 0 Å². The number of thioether (sulfide) groups is 1. The Bertz CT molecular complexity index is 1250. The summed E-state index contributed by atoms with van der Waals surface area (Å²) in [6, 6.07) is 11.8. The number of anilines is 1. The van der Waals surface area contributed by atoms with Crippen LogP contribution >= 0.6 is 46.6 Å². The zero-order valence-electron chi connectivity index (χ0n) is 19.1. The fourth-order valence-corrected chi connectivity index (χ4v) is 5.25. The Morgan fingerprint density at radius 1 is 1.17 bits per heavy atom. The van der Waals surface area contributed by atoms with Crippen LogP contribution < -0.4 is 15.4 Å². The van der Waals surface area contributed by atoms with Crippen molar-refractivity contribution in [3.8, 4) is 11.8 Å². The van der Waals surface area contributed by atoms with E-state index < -0.39 is 29.6 Å². The van der Waals surface area contributed by atoms with E-state index in [4.69, 9.17) is 44.3 Å². The topological polar surface area (TPSA) is 118 Å². The molecule has 12 heteroatoms. The van der Waals surface area contributed by atoms with E-state index in [0.29, 0.717) is 22.9 Å². The quantitative estimate of drug-likeness (QED) is 0.334. The number of nitrogens with one attached hydrogen (secondary N) is 2. The maximum Gasteiger partial charge on any atom is 0.319 e. The number of carbonyl (C=O) groups excluding carboxylic acids is 3. The average Bonchev–Trinajstić information content (AvgIpc) is 2.85. The van der Waals surface area contributed by atoms with Crippen LogP contribution in [-0.2, 0) is 19.1 Å². The van der Waals surface area contributed by atoms with Gasteiger partial charge in [0.1, 0.15) is 5.92 Å². The van der Waals surface area contributed by atoms with E-state index in [-0.39, 0.29) is 32.1 Å². The second kappa shape index (κ2) is 12.4. The molecule has 0 saturated carbocycles. The lowest BCUT2D eigenvalue weighted by Gasteiger charge is -2.31. The van der Waals surface area contributed by atoms with Crippen LogP contribution in [0.3, 0.4) is 0 Å². The van der Waals surface area contributed by atoms with Gasteiger partial charge in [0.25, 0.3) is 0 Å². The molecule has 1 heterocycles. The molecule has 0 bridgehead atoms. The minimum atomic E-state index is -1.38. The Labute approximate surface area is 226 Å². The molecule has 0 radical (unpaired) electrons. The third kappa shape index (κ3) is 6.08. The minimum absolute atomic E-state index is 0.0526. The number of nitrogens with zero attached hydrogens (tertiary/aromatic N) is 1. The molecular formula is C24H20Cl3N3O5S. The van der Waals surface area contributed by atoms with Gasteiger partial charge in [0.15, 0.2) is 5.75 Å². The molecule has 2 amide bonds. The lowest BCUT2D eigenvalue weighted by atomic mass is 9.78. The summed E-state index contributed by atoms with van der Waals surface area (Å²) >= 11 is 19.7. The van der Waals surface area contributed by atoms with Crippen LogP contribution in [0, 0.1) is 17.2 Å². The number of allylic oxidation sites excluding steroid dienone is 1. The van der Waals surface area contributed by atoms with E-state index >= 15 is 0 Å². The summed E-state index contributed by atoms with van der Waals surface area (Å²) in [4.78, 5) is 38.1. The number of nitriles is 1. The molecule has 2 aromatic carbocycles.